The second kappa shape index (κ2) is 6.78. The molecule has 4 rings (SSSR count). The first-order chi connectivity index (χ1) is 14.0. The van der Waals surface area contributed by atoms with E-state index in [0.717, 1.165) is 5.32 Å². The maximum atomic E-state index is 13.2. The third-order valence-electron chi connectivity index (χ3n) is 5.43. The lowest BCUT2D eigenvalue weighted by Gasteiger charge is -2.22. The van der Waals surface area contributed by atoms with Crippen LogP contribution in [0.4, 0.5) is 5.69 Å². The normalized spacial score (nSPS) is 17.2. The SMILES string of the molecule is CN(C)S(=O)(=O)n1c([Si](C)(C)C)cc2c3c(ccc21)C(=O)N(c1ccccc1)[C@H]3O. The van der Waals surface area contributed by atoms with Gasteiger partial charge in [0, 0.05) is 41.6 Å². The molecule has 0 spiro atoms. The molecule has 1 atom stereocenters. The molecule has 2 aromatic carbocycles. The van der Waals surface area contributed by atoms with Crippen molar-refractivity contribution < 1.29 is 18.3 Å². The number of nitrogens with zero attached hydrogens (tertiary/aromatic N) is 3. The van der Waals surface area contributed by atoms with Crippen molar-refractivity contribution in [1.29, 1.82) is 0 Å². The van der Waals surface area contributed by atoms with Gasteiger partial charge >= 0.3 is 10.2 Å². The van der Waals surface area contributed by atoms with E-state index in [-0.39, 0.29) is 5.91 Å². The molecule has 2 heterocycles. The van der Waals surface area contributed by atoms with Crippen LogP contribution >= 0.6 is 0 Å². The number of aliphatic hydroxyl groups is 1. The summed E-state index contributed by atoms with van der Waals surface area (Å²) in [5.74, 6) is -0.302. The number of anilines is 1. The molecular weight excluding hydrogens is 418 g/mol. The van der Waals surface area contributed by atoms with Gasteiger partial charge in [0.2, 0.25) is 0 Å². The molecule has 158 valence electrons. The van der Waals surface area contributed by atoms with Gasteiger partial charge in [-0.1, -0.05) is 37.8 Å². The largest absolute Gasteiger partial charge is 0.369 e. The minimum atomic E-state index is -3.78. The lowest BCUT2D eigenvalue weighted by molar-refractivity contribution is 0.0936. The Morgan fingerprint density at radius 3 is 2.23 bits per heavy atom. The minimum absolute atomic E-state index is 0.302. The molecule has 0 bridgehead atoms. The number of fused-ring (bicyclic) bond motifs is 3. The molecule has 1 aliphatic rings. The van der Waals surface area contributed by atoms with Gasteiger partial charge in [0.25, 0.3) is 5.91 Å². The molecule has 3 aromatic rings. The lowest BCUT2D eigenvalue weighted by Crippen LogP contribution is -2.47. The van der Waals surface area contributed by atoms with E-state index in [9.17, 15) is 18.3 Å². The second-order valence-corrected chi connectivity index (χ2v) is 15.7. The van der Waals surface area contributed by atoms with Crippen LogP contribution in [0.3, 0.4) is 0 Å². The maximum Gasteiger partial charge on any atom is 0.307 e. The third-order valence-corrected chi connectivity index (χ3v) is 9.27. The zero-order chi connectivity index (χ0) is 22.0. The number of aromatic nitrogens is 1. The Balaban J connectivity index is 2.03. The van der Waals surface area contributed by atoms with Crippen LogP contribution in [-0.2, 0) is 10.2 Å². The van der Waals surface area contributed by atoms with E-state index in [4.69, 9.17) is 0 Å². The predicted octanol–water partition coefficient (Wildman–Crippen LogP) is 2.49. The highest BCUT2D eigenvalue weighted by atomic mass is 32.2. The molecule has 0 aliphatic carbocycles. The fourth-order valence-corrected chi connectivity index (χ4v) is 7.40. The summed E-state index contributed by atoms with van der Waals surface area (Å²) in [5.41, 5.74) is 1.90. The van der Waals surface area contributed by atoms with Gasteiger partial charge in [-0.25, -0.2) is 3.97 Å². The zero-order valence-electron chi connectivity index (χ0n) is 17.6. The number of amides is 1. The van der Waals surface area contributed by atoms with Crippen molar-refractivity contribution in [2.24, 2.45) is 0 Å². The summed E-state index contributed by atoms with van der Waals surface area (Å²) < 4.78 is 28.9. The molecule has 30 heavy (non-hydrogen) atoms. The van der Waals surface area contributed by atoms with Gasteiger partial charge in [0.15, 0.2) is 6.23 Å². The number of hydrogen-bond donors (Lipinski definition) is 1. The van der Waals surface area contributed by atoms with E-state index in [0.29, 0.717) is 27.7 Å². The van der Waals surface area contributed by atoms with Gasteiger partial charge in [0.1, 0.15) is 8.07 Å². The highest BCUT2D eigenvalue weighted by Crippen LogP contribution is 2.40. The third kappa shape index (κ3) is 2.92. The first kappa shape index (κ1) is 20.8. The lowest BCUT2D eigenvalue weighted by atomic mass is 10.0. The summed E-state index contributed by atoms with van der Waals surface area (Å²) >= 11 is 0. The van der Waals surface area contributed by atoms with Crippen molar-refractivity contribution in [2.75, 3.05) is 19.0 Å². The summed E-state index contributed by atoms with van der Waals surface area (Å²) in [6.07, 6.45) is -1.19. The quantitative estimate of drug-likeness (QED) is 0.628. The summed E-state index contributed by atoms with van der Waals surface area (Å²) in [7, 11) is -2.88. The zero-order valence-corrected chi connectivity index (χ0v) is 19.4. The summed E-state index contributed by atoms with van der Waals surface area (Å²) in [5, 5.41) is 12.4. The standard InChI is InChI=1S/C21H25N3O4SSi/c1-22(2)29(27,28)24-17-12-11-15-19(16(17)13-18(24)30(3,4)5)21(26)23(20(15)25)14-9-7-6-8-10-14/h6-13,21,26H,1-5H3/t21-/m0/s1. The molecule has 7 nitrogen and oxygen atoms in total. The van der Waals surface area contributed by atoms with Crippen molar-refractivity contribution >= 4 is 46.1 Å². The Morgan fingerprint density at radius 2 is 1.67 bits per heavy atom. The van der Waals surface area contributed by atoms with Crippen LogP contribution < -0.4 is 10.2 Å². The molecule has 1 amide bonds. The summed E-state index contributed by atoms with van der Waals surface area (Å²) in [6, 6.07) is 14.1. The van der Waals surface area contributed by atoms with Crippen LogP contribution in [0.15, 0.2) is 48.5 Å². The van der Waals surface area contributed by atoms with Crippen LogP contribution in [0, 0.1) is 0 Å². The van der Waals surface area contributed by atoms with Crippen LogP contribution in [0.25, 0.3) is 10.9 Å². The van der Waals surface area contributed by atoms with E-state index in [1.165, 1.54) is 27.3 Å². The highest BCUT2D eigenvalue weighted by molar-refractivity contribution is 7.88. The number of hydrogen-bond acceptors (Lipinski definition) is 4. The fraction of sp³-hybridized carbons (Fsp3) is 0.286. The average molecular weight is 444 g/mol. The molecule has 9 heteroatoms. The summed E-state index contributed by atoms with van der Waals surface area (Å²) in [4.78, 5) is 14.4. The highest BCUT2D eigenvalue weighted by Gasteiger charge is 2.40. The Hall–Kier alpha value is -2.46. The second-order valence-electron chi connectivity index (χ2n) is 8.68. The fourth-order valence-electron chi connectivity index (χ4n) is 3.89. The van der Waals surface area contributed by atoms with Gasteiger partial charge in [-0.2, -0.15) is 12.7 Å². The maximum absolute atomic E-state index is 13.2. The molecule has 1 N–H and O–H groups in total. The summed E-state index contributed by atoms with van der Waals surface area (Å²) in [6.45, 7) is 6.21. The topological polar surface area (TPSA) is 82.9 Å². The number of para-hydroxylation sites is 1. The predicted molar refractivity (Wildman–Crippen MR) is 121 cm³/mol. The molecular formula is C21H25N3O4SSi. The van der Waals surface area contributed by atoms with Crippen molar-refractivity contribution in [3.8, 4) is 0 Å². The van der Waals surface area contributed by atoms with Gasteiger partial charge in [-0.3, -0.25) is 9.69 Å². The van der Waals surface area contributed by atoms with E-state index < -0.39 is 24.5 Å². The van der Waals surface area contributed by atoms with E-state index in [1.54, 1.807) is 36.4 Å². The number of benzene rings is 2. The van der Waals surface area contributed by atoms with Gasteiger partial charge in [0.05, 0.1) is 5.52 Å². The molecule has 0 fully saturated rings. The number of aliphatic hydroxyl groups excluding tert-OH is 1. The first-order valence-corrected chi connectivity index (χ1v) is 14.5. The van der Waals surface area contributed by atoms with E-state index in [1.807, 2.05) is 12.1 Å². The Morgan fingerprint density at radius 1 is 1.03 bits per heavy atom. The monoisotopic (exact) mass is 443 g/mol. The number of carbonyl (C=O) groups is 1. The van der Waals surface area contributed by atoms with E-state index in [2.05, 4.69) is 19.6 Å². The minimum Gasteiger partial charge on any atom is -0.369 e. The molecule has 0 unspecified atom stereocenters. The van der Waals surface area contributed by atoms with Gasteiger partial charge < -0.3 is 5.11 Å². The molecule has 0 saturated carbocycles. The van der Waals surface area contributed by atoms with Crippen LogP contribution in [0.1, 0.15) is 22.1 Å². The number of rotatable bonds is 4. The Labute approximate surface area is 177 Å². The first-order valence-electron chi connectivity index (χ1n) is 9.65. The van der Waals surface area contributed by atoms with Gasteiger partial charge in [-0.15, -0.1) is 0 Å². The average Bonchev–Trinajstić information content (AvgIpc) is 3.19. The van der Waals surface area contributed by atoms with Crippen molar-refractivity contribution in [1.82, 2.24) is 8.28 Å². The van der Waals surface area contributed by atoms with E-state index >= 15 is 0 Å². The Kier molecular flexibility index (Phi) is 4.70. The van der Waals surface area contributed by atoms with Crippen LogP contribution in [-0.4, -0.2) is 49.9 Å². The van der Waals surface area contributed by atoms with Crippen LogP contribution in [0.2, 0.25) is 19.6 Å². The molecule has 0 radical (unpaired) electrons. The number of carbonyl (C=O) groups excluding carboxylic acids is 1. The molecule has 0 saturated heterocycles. The van der Waals surface area contributed by atoms with Crippen LogP contribution in [0.5, 0.6) is 0 Å². The van der Waals surface area contributed by atoms with Crippen molar-refractivity contribution in [3.05, 3.63) is 59.7 Å². The molecule has 1 aromatic heterocycles. The van der Waals surface area contributed by atoms with Gasteiger partial charge in [-0.05, 0) is 30.3 Å². The Bertz CT molecular complexity index is 1260. The van der Waals surface area contributed by atoms with Crippen molar-refractivity contribution in [3.63, 3.8) is 0 Å². The smallest absolute Gasteiger partial charge is 0.307 e. The van der Waals surface area contributed by atoms with Crippen molar-refractivity contribution in [2.45, 2.75) is 25.9 Å². The molecule has 1 aliphatic heterocycles.